The Hall–Kier alpha value is -0.880. The first kappa shape index (κ1) is 17.2. The fraction of sp³-hybridized carbons (Fsp3) is 0.625. The number of benzene rings is 1. The Kier molecular flexibility index (Phi) is 3.54. The number of sulfonamides is 1. The van der Waals surface area contributed by atoms with Gasteiger partial charge in [-0.2, -0.15) is 8.51 Å². The van der Waals surface area contributed by atoms with Crippen LogP contribution < -0.4 is 0 Å². The summed E-state index contributed by atoms with van der Waals surface area (Å²) >= 11 is -1.92. The first-order valence-corrected chi connectivity index (χ1v) is 10.8. The summed E-state index contributed by atoms with van der Waals surface area (Å²) in [6.07, 6.45) is -2.28. The van der Waals surface area contributed by atoms with E-state index in [1.54, 1.807) is 38.1 Å². The molecule has 1 aliphatic carbocycles. The van der Waals surface area contributed by atoms with Crippen molar-refractivity contribution in [1.82, 2.24) is 4.31 Å². The van der Waals surface area contributed by atoms with Gasteiger partial charge in [0.2, 0.25) is 10.0 Å². The summed E-state index contributed by atoms with van der Waals surface area (Å²) in [4.78, 5) is 0.212. The lowest BCUT2D eigenvalue weighted by Gasteiger charge is -2.27. The molecule has 3 aliphatic heterocycles. The Balaban J connectivity index is 1.53. The van der Waals surface area contributed by atoms with E-state index < -0.39 is 63.7 Å². The summed E-state index contributed by atoms with van der Waals surface area (Å²) in [5.41, 5.74) is 0.976. The van der Waals surface area contributed by atoms with Gasteiger partial charge in [-0.05, 0) is 32.9 Å². The molecule has 142 valence electrons. The molecule has 0 aromatic heterocycles. The standard InChI is InChI=1S/C16H19NO7S2/c1-8-4-6-9(7-5-8)26(19,20)17-10-11(17)13-15(24-25(18)23-13)14-12(10)21-16(2,3)22-14/h4-7,10-15H,1-3H3/t10-,11+,12+,13+,14+,15+,17?,25?/m1/s1. The highest BCUT2D eigenvalue weighted by Gasteiger charge is 2.75. The van der Waals surface area contributed by atoms with Crippen LogP contribution in [0.2, 0.25) is 0 Å². The summed E-state index contributed by atoms with van der Waals surface area (Å²) in [5.74, 6) is -0.871. The van der Waals surface area contributed by atoms with Gasteiger partial charge >= 0.3 is 11.4 Å². The normalized spacial score (nSPS) is 45.7. The molecule has 1 aromatic carbocycles. The molecule has 8 atom stereocenters. The van der Waals surface area contributed by atoms with Gasteiger partial charge in [0.15, 0.2) is 5.79 Å². The summed E-state index contributed by atoms with van der Waals surface area (Å²) < 4.78 is 62.1. The van der Waals surface area contributed by atoms with Crippen molar-refractivity contribution < 1.29 is 30.5 Å². The third-order valence-corrected chi connectivity index (χ3v) is 7.98. The zero-order valence-electron chi connectivity index (χ0n) is 14.4. The molecule has 10 heteroatoms. The van der Waals surface area contributed by atoms with Crippen LogP contribution in [0.4, 0.5) is 0 Å². The van der Waals surface area contributed by atoms with Gasteiger partial charge in [-0.25, -0.2) is 8.42 Å². The van der Waals surface area contributed by atoms with Crippen LogP contribution in [-0.4, -0.2) is 59.2 Å². The summed E-state index contributed by atoms with van der Waals surface area (Å²) in [5, 5.41) is 0. The van der Waals surface area contributed by atoms with Crippen LogP contribution in [0.3, 0.4) is 0 Å². The molecular weight excluding hydrogens is 382 g/mol. The lowest BCUT2D eigenvalue weighted by atomic mass is 9.90. The van der Waals surface area contributed by atoms with Crippen LogP contribution >= 0.6 is 0 Å². The molecule has 1 saturated carbocycles. The number of nitrogens with zero attached hydrogens (tertiary/aromatic N) is 1. The smallest absolute Gasteiger partial charge is 0.305 e. The molecule has 2 unspecified atom stereocenters. The maximum absolute atomic E-state index is 13.1. The molecule has 3 saturated heterocycles. The zero-order chi connectivity index (χ0) is 18.4. The van der Waals surface area contributed by atoms with Crippen molar-refractivity contribution in [1.29, 1.82) is 0 Å². The van der Waals surface area contributed by atoms with Crippen LogP contribution in [0.15, 0.2) is 29.2 Å². The van der Waals surface area contributed by atoms with E-state index in [-0.39, 0.29) is 4.90 Å². The summed E-state index contributed by atoms with van der Waals surface area (Å²) in [7, 11) is -3.73. The molecule has 26 heavy (non-hydrogen) atoms. The third-order valence-electron chi connectivity index (χ3n) is 5.31. The number of rotatable bonds is 2. The van der Waals surface area contributed by atoms with E-state index in [0.717, 1.165) is 5.56 Å². The number of ether oxygens (including phenoxy) is 2. The van der Waals surface area contributed by atoms with Crippen LogP contribution in [0.1, 0.15) is 19.4 Å². The number of aryl methyl sites for hydroxylation is 1. The molecule has 0 amide bonds. The van der Waals surface area contributed by atoms with Crippen LogP contribution in [0.25, 0.3) is 0 Å². The second-order valence-corrected chi connectivity index (χ2v) is 10.2. The van der Waals surface area contributed by atoms with Gasteiger partial charge in [0.25, 0.3) is 0 Å². The molecule has 0 radical (unpaired) electrons. The molecule has 3 heterocycles. The van der Waals surface area contributed by atoms with Crippen molar-refractivity contribution in [3.63, 3.8) is 0 Å². The van der Waals surface area contributed by atoms with Gasteiger partial charge in [0, 0.05) is 0 Å². The summed E-state index contributed by atoms with van der Waals surface area (Å²) in [6, 6.07) is 5.79. The van der Waals surface area contributed by atoms with E-state index in [1.165, 1.54) is 4.31 Å². The van der Waals surface area contributed by atoms with E-state index in [0.29, 0.717) is 0 Å². The van der Waals surface area contributed by atoms with Crippen molar-refractivity contribution in [2.45, 2.75) is 68.0 Å². The molecule has 4 aliphatic rings. The monoisotopic (exact) mass is 401 g/mol. The maximum Gasteiger partial charge on any atom is 0.305 e. The Morgan fingerprint density at radius 1 is 0.962 bits per heavy atom. The Morgan fingerprint density at radius 2 is 1.54 bits per heavy atom. The number of fused-ring (bicyclic) bond motifs is 6. The fourth-order valence-corrected chi connectivity index (χ4v) is 6.87. The van der Waals surface area contributed by atoms with Crippen molar-refractivity contribution in [3.8, 4) is 0 Å². The van der Waals surface area contributed by atoms with Crippen molar-refractivity contribution in [2.24, 2.45) is 0 Å². The molecule has 8 nitrogen and oxygen atoms in total. The van der Waals surface area contributed by atoms with Crippen molar-refractivity contribution in [3.05, 3.63) is 29.8 Å². The minimum absolute atomic E-state index is 0.212. The van der Waals surface area contributed by atoms with Gasteiger partial charge in [-0.1, -0.05) is 17.7 Å². The second-order valence-electron chi connectivity index (χ2n) is 7.52. The first-order valence-electron chi connectivity index (χ1n) is 8.41. The van der Waals surface area contributed by atoms with Gasteiger partial charge in [0.05, 0.1) is 17.0 Å². The molecule has 1 aromatic rings. The first-order chi connectivity index (χ1) is 12.2. The quantitative estimate of drug-likeness (QED) is 0.672. The molecule has 0 spiro atoms. The predicted molar refractivity (Wildman–Crippen MR) is 89.5 cm³/mol. The van der Waals surface area contributed by atoms with E-state index in [1.807, 2.05) is 6.92 Å². The lowest BCUT2D eigenvalue weighted by Crippen LogP contribution is -2.51. The third kappa shape index (κ3) is 2.37. The Bertz CT molecular complexity index is 884. The number of hydrogen-bond acceptors (Lipinski definition) is 7. The minimum atomic E-state index is -3.73. The van der Waals surface area contributed by atoms with Crippen LogP contribution in [0, 0.1) is 6.92 Å². The predicted octanol–water partition coefficient (Wildman–Crippen LogP) is 0.633. The van der Waals surface area contributed by atoms with Gasteiger partial charge < -0.3 is 9.47 Å². The largest absolute Gasteiger partial charge is 0.343 e. The van der Waals surface area contributed by atoms with Crippen LogP contribution in [0.5, 0.6) is 0 Å². The fourth-order valence-electron chi connectivity index (χ4n) is 4.22. The minimum Gasteiger partial charge on any atom is -0.343 e. The molecule has 0 bridgehead atoms. The molecule has 4 fully saturated rings. The SMILES string of the molecule is Cc1ccc(S(=O)(=O)N2[C@@H]3[C@@H]4OS(=O)O[C@@H]4[C@H]4OC(C)(C)O[C@H]4[C@@H]32)cc1. The highest BCUT2D eigenvalue weighted by atomic mass is 32.2. The maximum atomic E-state index is 13.1. The number of hydrogen-bond donors (Lipinski definition) is 0. The molecular formula is C16H19NO7S2. The van der Waals surface area contributed by atoms with Crippen LogP contribution in [-0.2, 0) is 39.2 Å². The topological polar surface area (TPSA) is 91.1 Å². The summed E-state index contributed by atoms with van der Waals surface area (Å²) in [6.45, 7) is 5.43. The Labute approximate surface area is 154 Å². The van der Waals surface area contributed by atoms with E-state index in [2.05, 4.69) is 0 Å². The van der Waals surface area contributed by atoms with E-state index in [9.17, 15) is 12.6 Å². The Morgan fingerprint density at radius 3 is 2.23 bits per heavy atom. The van der Waals surface area contributed by atoms with E-state index >= 15 is 0 Å². The van der Waals surface area contributed by atoms with Crippen molar-refractivity contribution in [2.75, 3.05) is 0 Å². The van der Waals surface area contributed by atoms with E-state index in [4.69, 9.17) is 17.8 Å². The highest BCUT2D eigenvalue weighted by molar-refractivity contribution is 7.89. The highest BCUT2D eigenvalue weighted by Crippen LogP contribution is 2.54. The van der Waals surface area contributed by atoms with Crippen molar-refractivity contribution >= 4 is 21.4 Å². The second kappa shape index (κ2) is 5.34. The average molecular weight is 401 g/mol. The molecule has 5 rings (SSSR count). The lowest BCUT2D eigenvalue weighted by molar-refractivity contribution is -0.153. The van der Waals surface area contributed by atoms with Gasteiger partial charge in [-0.15, -0.1) is 0 Å². The van der Waals surface area contributed by atoms with Gasteiger partial charge in [-0.3, -0.25) is 8.37 Å². The average Bonchev–Trinajstić information content (AvgIpc) is 3.07. The molecule has 0 N–H and O–H groups in total. The zero-order valence-corrected chi connectivity index (χ0v) is 16.0. The van der Waals surface area contributed by atoms with Gasteiger partial charge in [0.1, 0.15) is 24.4 Å².